The van der Waals surface area contributed by atoms with Crippen molar-refractivity contribution in [1.29, 1.82) is 0 Å². The van der Waals surface area contributed by atoms with Crippen LogP contribution in [0.2, 0.25) is 5.02 Å². The maximum absolute atomic E-state index is 13.0. The van der Waals surface area contributed by atoms with Gasteiger partial charge in [0.1, 0.15) is 10.6 Å². The molecule has 28 heavy (non-hydrogen) atoms. The first-order chi connectivity index (χ1) is 13.3. The third-order valence-corrected chi connectivity index (χ3v) is 5.99. The number of anilines is 2. The molecule has 1 aliphatic heterocycles. The molecule has 0 unspecified atom stereocenters. The summed E-state index contributed by atoms with van der Waals surface area (Å²) in [5, 5.41) is 0.419. The van der Waals surface area contributed by atoms with Gasteiger partial charge in [0.2, 0.25) is 0 Å². The van der Waals surface area contributed by atoms with Gasteiger partial charge in [0.05, 0.1) is 18.0 Å². The Morgan fingerprint density at radius 2 is 1.82 bits per heavy atom. The van der Waals surface area contributed by atoms with E-state index in [1.165, 1.54) is 54.4 Å². The monoisotopic (exact) mass is 424 g/mol. The predicted octanol–water partition coefficient (Wildman–Crippen LogP) is 3.05. The third kappa shape index (κ3) is 3.63. The first-order valence-electron chi connectivity index (χ1n) is 8.26. The van der Waals surface area contributed by atoms with Crippen molar-refractivity contribution in [2.75, 3.05) is 29.5 Å². The average Bonchev–Trinajstić information content (AvgIpc) is 2.66. The van der Waals surface area contributed by atoms with Gasteiger partial charge in [0, 0.05) is 18.1 Å². The molecule has 0 N–H and O–H groups in total. The van der Waals surface area contributed by atoms with Gasteiger partial charge in [-0.1, -0.05) is 11.6 Å². The molecule has 1 aliphatic rings. The first-order valence-corrected chi connectivity index (χ1v) is 10.1. The minimum absolute atomic E-state index is 0.0620. The largest absolute Gasteiger partial charge is 0.482 e. The molecule has 0 bridgehead atoms. The molecule has 0 saturated carbocycles. The first kappa shape index (κ1) is 20.0. The fourth-order valence-corrected chi connectivity index (χ4v) is 4.43. The van der Waals surface area contributed by atoms with Gasteiger partial charge in [0.25, 0.3) is 10.0 Å². The summed E-state index contributed by atoms with van der Waals surface area (Å²) in [4.78, 5) is 25.3. The molecule has 0 saturated heterocycles. The zero-order valence-electron chi connectivity index (χ0n) is 15.1. The Labute approximate surface area is 167 Å². The molecule has 10 heteroatoms. The molecule has 1 heterocycles. The highest BCUT2D eigenvalue weighted by Crippen LogP contribution is 2.38. The zero-order chi connectivity index (χ0) is 20.5. The van der Waals surface area contributed by atoms with E-state index in [0.29, 0.717) is 9.33 Å². The second kappa shape index (κ2) is 7.69. The Bertz CT molecular complexity index is 1020. The van der Waals surface area contributed by atoms with Crippen molar-refractivity contribution in [1.82, 2.24) is 0 Å². The number of nitrogens with zero attached hydrogens (tertiary/aromatic N) is 2. The highest BCUT2D eigenvalue weighted by Gasteiger charge is 2.41. The van der Waals surface area contributed by atoms with Gasteiger partial charge >= 0.3 is 12.0 Å². The van der Waals surface area contributed by atoms with Crippen LogP contribution in [0.15, 0.2) is 47.4 Å². The van der Waals surface area contributed by atoms with Gasteiger partial charge in [-0.25, -0.2) is 18.0 Å². The van der Waals surface area contributed by atoms with Crippen LogP contribution in [0, 0.1) is 0 Å². The van der Waals surface area contributed by atoms with Crippen LogP contribution in [0.4, 0.5) is 16.2 Å². The topological polar surface area (TPSA) is 93.2 Å². The lowest BCUT2D eigenvalue weighted by Gasteiger charge is -2.34. The van der Waals surface area contributed by atoms with Crippen LogP contribution in [-0.4, -0.2) is 40.7 Å². The summed E-state index contributed by atoms with van der Waals surface area (Å²) in [5.41, 5.74) is 0.325. The lowest BCUT2D eigenvalue weighted by atomic mass is 10.2. The van der Waals surface area contributed by atoms with E-state index in [4.69, 9.17) is 21.1 Å². The number of ether oxygens (including phenoxy) is 2. The average molecular weight is 425 g/mol. The van der Waals surface area contributed by atoms with Gasteiger partial charge in [-0.3, -0.25) is 4.90 Å². The number of carbonyl (C=O) groups excluding carboxylic acids is 2. The van der Waals surface area contributed by atoms with E-state index in [2.05, 4.69) is 0 Å². The molecular weight excluding hydrogens is 408 g/mol. The SMILES string of the molecule is CCOC(=O)COc1ccc2c(c1)N(C)C(=O)N(c1ccc(Cl)cc1)S2(=O)=O. The summed E-state index contributed by atoms with van der Waals surface area (Å²) in [6, 6.07) is 9.29. The Morgan fingerprint density at radius 3 is 2.46 bits per heavy atom. The molecule has 0 atom stereocenters. The number of amides is 2. The van der Waals surface area contributed by atoms with Gasteiger partial charge in [-0.05, 0) is 43.3 Å². The summed E-state index contributed by atoms with van der Waals surface area (Å²) in [6.07, 6.45) is 0. The van der Waals surface area contributed by atoms with Crippen LogP contribution in [0.5, 0.6) is 5.75 Å². The highest BCUT2D eigenvalue weighted by atomic mass is 35.5. The summed E-state index contributed by atoms with van der Waals surface area (Å²) < 4.78 is 36.9. The Hall–Kier alpha value is -2.78. The van der Waals surface area contributed by atoms with Crippen molar-refractivity contribution in [3.05, 3.63) is 47.5 Å². The van der Waals surface area contributed by atoms with E-state index in [1.807, 2.05) is 0 Å². The maximum atomic E-state index is 13.0. The van der Waals surface area contributed by atoms with Crippen molar-refractivity contribution in [3.8, 4) is 5.75 Å². The van der Waals surface area contributed by atoms with Crippen LogP contribution < -0.4 is 13.9 Å². The van der Waals surface area contributed by atoms with E-state index in [0.717, 1.165) is 0 Å². The molecule has 8 nitrogen and oxygen atoms in total. The number of esters is 1. The Balaban J connectivity index is 1.97. The number of rotatable bonds is 5. The van der Waals surface area contributed by atoms with Crippen molar-refractivity contribution in [2.24, 2.45) is 0 Å². The Kier molecular flexibility index (Phi) is 5.48. The van der Waals surface area contributed by atoms with Crippen molar-refractivity contribution in [2.45, 2.75) is 11.8 Å². The normalized spacial score (nSPS) is 15.2. The molecule has 2 aromatic carbocycles. The number of fused-ring (bicyclic) bond motifs is 1. The van der Waals surface area contributed by atoms with Crippen LogP contribution in [0.3, 0.4) is 0 Å². The van der Waals surface area contributed by atoms with Gasteiger partial charge in [0.15, 0.2) is 6.61 Å². The van der Waals surface area contributed by atoms with Crippen molar-refractivity contribution in [3.63, 3.8) is 0 Å². The number of halogens is 1. The molecule has 2 aromatic rings. The van der Waals surface area contributed by atoms with Crippen LogP contribution in [-0.2, 0) is 19.6 Å². The zero-order valence-corrected chi connectivity index (χ0v) is 16.7. The quantitative estimate of drug-likeness (QED) is 0.685. The minimum atomic E-state index is -4.14. The molecule has 0 spiro atoms. The molecule has 0 radical (unpaired) electrons. The van der Waals surface area contributed by atoms with Gasteiger partial charge < -0.3 is 9.47 Å². The van der Waals surface area contributed by atoms with Gasteiger partial charge in [-0.15, -0.1) is 0 Å². The Morgan fingerprint density at radius 1 is 1.14 bits per heavy atom. The minimum Gasteiger partial charge on any atom is -0.482 e. The second-order valence-corrected chi connectivity index (χ2v) is 8.00. The molecule has 0 fully saturated rings. The third-order valence-electron chi connectivity index (χ3n) is 3.99. The maximum Gasteiger partial charge on any atom is 0.344 e. The van der Waals surface area contributed by atoms with Crippen molar-refractivity contribution >= 4 is 45.0 Å². The summed E-state index contributed by atoms with van der Waals surface area (Å²) in [7, 11) is -2.68. The smallest absolute Gasteiger partial charge is 0.344 e. The van der Waals surface area contributed by atoms with E-state index >= 15 is 0 Å². The lowest BCUT2D eigenvalue weighted by Crippen LogP contribution is -2.49. The number of urea groups is 1. The summed E-state index contributed by atoms with van der Waals surface area (Å²) in [5.74, 6) is -0.312. The van der Waals surface area contributed by atoms with Crippen molar-refractivity contribution < 1.29 is 27.5 Å². The molecular formula is C18H17ClN2O6S. The van der Waals surface area contributed by atoms with E-state index in [1.54, 1.807) is 6.92 Å². The number of hydrogen-bond donors (Lipinski definition) is 0. The van der Waals surface area contributed by atoms with E-state index in [9.17, 15) is 18.0 Å². The fraction of sp³-hybridized carbons (Fsp3) is 0.222. The fourth-order valence-electron chi connectivity index (χ4n) is 2.68. The number of sulfonamides is 1. The number of hydrogen-bond acceptors (Lipinski definition) is 6. The van der Waals surface area contributed by atoms with Gasteiger partial charge in [-0.2, -0.15) is 4.31 Å². The molecule has 2 amide bonds. The molecule has 3 rings (SSSR count). The summed E-state index contributed by atoms with van der Waals surface area (Å²) >= 11 is 5.85. The second-order valence-electron chi connectivity index (χ2n) is 5.81. The summed E-state index contributed by atoms with van der Waals surface area (Å²) in [6.45, 7) is 1.57. The van der Waals surface area contributed by atoms with E-state index < -0.39 is 22.0 Å². The van der Waals surface area contributed by atoms with Crippen LogP contribution in [0.1, 0.15) is 6.92 Å². The van der Waals surface area contributed by atoms with Crippen LogP contribution >= 0.6 is 11.6 Å². The molecule has 0 aliphatic carbocycles. The number of benzene rings is 2. The highest BCUT2D eigenvalue weighted by molar-refractivity contribution is 7.94. The lowest BCUT2D eigenvalue weighted by molar-refractivity contribution is -0.145. The standard InChI is InChI=1S/C18H17ClN2O6S/c1-3-26-17(22)11-27-14-8-9-16-15(10-14)20(2)18(23)21(28(16,24)25)13-6-4-12(19)5-7-13/h4-10H,3,11H2,1-2H3. The molecule has 0 aromatic heterocycles. The molecule has 148 valence electrons. The number of carbonyl (C=O) groups is 2. The van der Waals surface area contributed by atoms with Crippen LogP contribution in [0.25, 0.3) is 0 Å². The predicted molar refractivity (Wildman–Crippen MR) is 103 cm³/mol. The van der Waals surface area contributed by atoms with E-state index in [-0.39, 0.29) is 35.2 Å².